The van der Waals surface area contributed by atoms with Crippen molar-refractivity contribution in [3.8, 4) is 11.4 Å². The van der Waals surface area contributed by atoms with Crippen molar-refractivity contribution in [1.82, 2.24) is 9.97 Å². The molecule has 4 heteroatoms. The van der Waals surface area contributed by atoms with E-state index in [1.165, 1.54) is 0 Å². The molecule has 0 N–H and O–H groups in total. The van der Waals surface area contributed by atoms with Crippen molar-refractivity contribution in [2.75, 3.05) is 0 Å². The van der Waals surface area contributed by atoms with E-state index in [0.29, 0.717) is 16.0 Å². The van der Waals surface area contributed by atoms with E-state index >= 15 is 0 Å². The second-order valence-corrected chi connectivity index (χ2v) is 3.48. The lowest BCUT2D eigenvalue weighted by Gasteiger charge is -2.01. The van der Waals surface area contributed by atoms with Crippen LogP contribution in [0.2, 0.25) is 10.2 Å². The lowest BCUT2D eigenvalue weighted by atomic mass is 10.2. The molecule has 2 nitrogen and oxygen atoms in total. The van der Waals surface area contributed by atoms with Crippen molar-refractivity contribution < 1.29 is 0 Å². The highest BCUT2D eigenvalue weighted by atomic mass is 35.5. The molecule has 0 saturated carbocycles. The van der Waals surface area contributed by atoms with Crippen molar-refractivity contribution >= 4 is 23.2 Å². The molecule has 0 radical (unpaired) electrons. The summed E-state index contributed by atoms with van der Waals surface area (Å²) in [6, 6.07) is 9.01. The molecule has 0 unspecified atom stereocenters. The van der Waals surface area contributed by atoms with Crippen LogP contribution in [-0.2, 0) is 0 Å². The quantitative estimate of drug-likeness (QED) is 0.694. The summed E-state index contributed by atoms with van der Waals surface area (Å²) in [6.07, 6.45) is 1.61. The predicted molar refractivity (Wildman–Crippen MR) is 57.5 cm³/mol. The van der Waals surface area contributed by atoms with E-state index < -0.39 is 0 Å². The van der Waals surface area contributed by atoms with E-state index in [2.05, 4.69) is 9.97 Å². The third-order valence-electron chi connectivity index (χ3n) is 1.74. The van der Waals surface area contributed by atoms with Crippen LogP contribution in [0.15, 0.2) is 36.5 Å². The molecule has 0 spiro atoms. The predicted octanol–water partition coefficient (Wildman–Crippen LogP) is 3.45. The fourth-order valence-electron chi connectivity index (χ4n) is 1.11. The minimum absolute atomic E-state index is 0.412. The number of hydrogen-bond acceptors (Lipinski definition) is 2. The molecule has 0 aliphatic rings. The topological polar surface area (TPSA) is 25.8 Å². The molecule has 1 aromatic heterocycles. The highest BCUT2D eigenvalue weighted by Gasteiger charge is 2.04. The molecule has 0 bridgehead atoms. The van der Waals surface area contributed by atoms with E-state index in [1.54, 1.807) is 18.3 Å². The summed E-state index contributed by atoms with van der Waals surface area (Å²) >= 11 is 11.7. The lowest BCUT2D eigenvalue weighted by molar-refractivity contribution is 1.18. The molecule has 0 saturated heterocycles. The zero-order chi connectivity index (χ0) is 9.97. The first-order valence-corrected chi connectivity index (χ1v) is 4.76. The van der Waals surface area contributed by atoms with Crippen molar-refractivity contribution in [2.24, 2.45) is 0 Å². The molecule has 14 heavy (non-hydrogen) atoms. The van der Waals surface area contributed by atoms with E-state index in [0.717, 1.165) is 5.56 Å². The third kappa shape index (κ3) is 1.86. The van der Waals surface area contributed by atoms with Gasteiger partial charge in [-0.3, -0.25) is 0 Å². The largest absolute Gasteiger partial charge is 0.236 e. The van der Waals surface area contributed by atoms with E-state index in [-0.39, 0.29) is 0 Å². The second-order valence-electron chi connectivity index (χ2n) is 2.68. The van der Waals surface area contributed by atoms with Gasteiger partial charge in [-0.15, -0.1) is 0 Å². The fraction of sp³-hybridized carbons (Fsp3) is 0. The molecule has 2 rings (SSSR count). The first kappa shape index (κ1) is 9.44. The average molecular weight is 225 g/mol. The second kappa shape index (κ2) is 3.95. The van der Waals surface area contributed by atoms with Gasteiger partial charge in [-0.25, -0.2) is 9.97 Å². The van der Waals surface area contributed by atoms with Crippen molar-refractivity contribution in [3.05, 3.63) is 46.7 Å². The summed E-state index contributed by atoms with van der Waals surface area (Å²) in [5, 5.41) is 1.03. The van der Waals surface area contributed by atoms with Gasteiger partial charge in [0.2, 0.25) is 0 Å². The van der Waals surface area contributed by atoms with Gasteiger partial charge < -0.3 is 0 Å². The number of nitrogens with zero attached hydrogens (tertiary/aromatic N) is 2. The Kier molecular flexibility index (Phi) is 2.66. The minimum Gasteiger partial charge on any atom is -0.236 e. The van der Waals surface area contributed by atoms with Crippen LogP contribution in [0.4, 0.5) is 0 Å². The van der Waals surface area contributed by atoms with Gasteiger partial charge in [-0.05, 0) is 18.2 Å². The molecule has 0 amide bonds. The monoisotopic (exact) mass is 224 g/mol. The van der Waals surface area contributed by atoms with Crippen molar-refractivity contribution in [1.29, 1.82) is 0 Å². The number of benzene rings is 1. The van der Waals surface area contributed by atoms with Crippen molar-refractivity contribution in [3.63, 3.8) is 0 Å². The molecule has 2 aromatic rings. The van der Waals surface area contributed by atoms with Gasteiger partial charge in [0, 0.05) is 11.8 Å². The number of rotatable bonds is 1. The Hall–Kier alpha value is -1.12. The number of aromatic nitrogens is 2. The summed E-state index contributed by atoms with van der Waals surface area (Å²) in [7, 11) is 0. The molecular weight excluding hydrogens is 219 g/mol. The Labute approximate surface area is 91.5 Å². The summed E-state index contributed by atoms with van der Waals surface area (Å²) in [6.45, 7) is 0. The SMILES string of the molecule is Clc1ccnc(-c2ccccc2Cl)n1. The Balaban J connectivity index is 2.55. The lowest BCUT2D eigenvalue weighted by Crippen LogP contribution is -1.88. The van der Waals surface area contributed by atoms with Crippen LogP contribution in [0, 0.1) is 0 Å². The van der Waals surface area contributed by atoms with E-state index in [9.17, 15) is 0 Å². The molecule has 70 valence electrons. The average Bonchev–Trinajstić information content (AvgIpc) is 2.18. The summed E-state index contributed by atoms with van der Waals surface area (Å²) in [4.78, 5) is 8.16. The van der Waals surface area contributed by atoms with Gasteiger partial charge in [0.15, 0.2) is 5.82 Å². The first-order valence-electron chi connectivity index (χ1n) is 4.01. The molecule has 0 aliphatic carbocycles. The highest BCUT2D eigenvalue weighted by molar-refractivity contribution is 6.33. The molecule has 1 aromatic carbocycles. The standard InChI is InChI=1S/C10H6Cl2N2/c11-8-4-2-1-3-7(8)10-13-6-5-9(12)14-10/h1-6H. The summed E-state index contributed by atoms with van der Waals surface area (Å²) in [5.41, 5.74) is 0.789. The maximum atomic E-state index is 5.99. The first-order chi connectivity index (χ1) is 6.77. The van der Waals surface area contributed by atoms with E-state index in [4.69, 9.17) is 23.2 Å². The smallest absolute Gasteiger partial charge is 0.162 e. The van der Waals surface area contributed by atoms with E-state index in [1.807, 2.05) is 18.2 Å². The van der Waals surface area contributed by atoms with Crippen LogP contribution < -0.4 is 0 Å². The third-order valence-corrected chi connectivity index (χ3v) is 2.28. The van der Waals surface area contributed by atoms with Crippen LogP contribution in [0.25, 0.3) is 11.4 Å². The maximum Gasteiger partial charge on any atom is 0.162 e. The highest BCUT2D eigenvalue weighted by Crippen LogP contribution is 2.24. The summed E-state index contributed by atoms with van der Waals surface area (Å²) < 4.78 is 0. The summed E-state index contributed by atoms with van der Waals surface area (Å²) in [5.74, 6) is 0.545. The van der Waals surface area contributed by atoms with Gasteiger partial charge >= 0.3 is 0 Å². The Bertz CT molecular complexity index is 457. The molecule has 0 atom stereocenters. The van der Waals surface area contributed by atoms with Crippen LogP contribution >= 0.6 is 23.2 Å². The van der Waals surface area contributed by atoms with Crippen LogP contribution in [0.1, 0.15) is 0 Å². The van der Waals surface area contributed by atoms with Crippen LogP contribution in [0.3, 0.4) is 0 Å². The zero-order valence-corrected chi connectivity index (χ0v) is 8.63. The Morgan fingerprint density at radius 3 is 2.50 bits per heavy atom. The normalized spacial score (nSPS) is 10.1. The minimum atomic E-state index is 0.412. The molecule has 0 fully saturated rings. The van der Waals surface area contributed by atoms with Crippen molar-refractivity contribution in [2.45, 2.75) is 0 Å². The van der Waals surface area contributed by atoms with Crippen LogP contribution in [-0.4, -0.2) is 9.97 Å². The van der Waals surface area contributed by atoms with Gasteiger partial charge in [0.25, 0.3) is 0 Å². The van der Waals surface area contributed by atoms with Gasteiger partial charge in [-0.1, -0.05) is 35.3 Å². The Morgan fingerprint density at radius 1 is 1.00 bits per heavy atom. The molecule has 1 heterocycles. The molecular formula is C10H6Cl2N2. The zero-order valence-electron chi connectivity index (χ0n) is 7.11. The fourth-order valence-corrected chi connectivity index (χ4v) is 1.47. The number of hydrogen-bond donors (Lipinski definition) is 0. The molecule has 0 aliphatic heterocycles. The number of halogens is 2. The van der Waals surface area contributed by atoms with Crippen LogP contribution in [0.5, 0.6) is 0 Å². The van der Waals surface area contributed by atoms with Gasteiger partial charge in [0.05, 0.1) is 5.02 Å². The van der Waals surface area contributed by atoms with Gasteiger partial charge in [-0.2, -0.15) is 0 Å². The maximum absolute atomic E-state index is 5.99. The van der Waals surface area contributed by atoms with Gasteiger partial charge in [0.1, 0.15) is 5.15 Å². The Morgan fingerprint density at radius 2 is 1.79 bits per heavy atom.